The summed E-state index contributed by atoms with van der Waals surface area (Å²) in [7, 11) is 0. The lowest BCUT2D eigenvalue weighted by Gasteiger charge is -2.08. The molecule has 7 nitrogen and oxygen atoms in total. The molecule has 0 saturated heterocycles. The molecule has 3 rings (SSSR count). The number of fused-ring (bicyclic) bond motifs is 1. The van der Waals surface area contributed by atoms with Crippen molar-refractivity contribution in [2.75, 3.05) is 19.7 Å². The maximum Gasteiger partial charge on any atom is 0.272 e. The SMILES string of the molecule is O=C(CCCOc1cccc(F)c1)NCCNC(=O)c1n[nH]c2ccccc12. The standard InChI is InChI=1S/C20H21FN4O3/c21-14-5-3-6-15(13-14)28-12-4-9-18(26)22-10-11-23-20(27)19-16-7-1-2-8-17(16)24-25-19/h1-3,5-8,13H,4,9-12H2,(H,22,26)(H,23,27)(H,24,25). The van der Waals surface area contributed by atoms with Crippen molar-refractivity contribution in [3.63, 3.8) is 0 Å². The second-order valence-corrected chi connectivity index (χ2v) is 6.13. The van der Waals surface area contributed by atoms with Gasteiger partial charge in [-0.15, -0.1) is 0 Å². The number of hydrogen-bond donors (Lipinski definition) is 3. The Morgan fingerprint density at radius 1 is 1.07 bits per heavy atom. The van der Waals surface area contributed by atoms with Crippen LogP contribution in [0.15, 0.2) is 48.5 Å². The third kappa shape index (κ3) is 5.29. The fraction of sp³-hybridized carbons (Fsp3) is 0.250. The third-order valence-electron chi connectivity index (χ3n) is 4.03. The van der Waals surface area contributed by atoms with E-state index < -0.39 is 0 Å². The summed E-state index contributed by atoms with van der Waals surface area (Å²) >= 11 is 0. The molecule has 2 aromatic carbocycles. The van der Waals surface area contributed by atoms with Crippen LogP contribution in [0, 0.1) is 5.82 Å². The molecule has 0 radical (unpaired) electrons. The van der Waals surface area contributed by atoms with Crippen molar-refractivity contribution >= 4 is 22.7 Å². The van der Waals surface area contributed by atoms with Gasteiger partial charge in [-0.25, -0.2) is 4.39 Å². The summed E-state index contributed by atoms with van der Waals surface area (Å²) < 4.78 is 18.4. The van der Waals surface area contributed by atoms with Crippen molar-refractivity contribution in [1.29, 1.82) is 0 Å². The Kier molecular flexibility index (Phi) is 6.56. The van der Waals surface area contributed by atoms with E-state index in [1.807, 2.05) is 24.3 Å². The first-order chi connectivity index (χ1) is 13.6. The second-order valence-electron chi connectivity index (χ2n) is 6.13. The first-order valence-corrected chi connectivity index (χ1v) is 9.00. The lowest BCUT2D eigenvalue weighted by molar-refractivity contribution is -0.121. The predicted molar refractivity (Wildman–Crippen MR) is 103 cm³/mol. The number of aromatic amines is 1. The number of nitrogens with one attached hydrogen (secondary N) is 3. The van der Waals surface area contributed by atoms with E-state index in [-0.39, 0.29) is 24.1 Å². The number of amides is 2. The molecule has 0 unspecified atom stereocenters. The molecule has 1 heterocycles. The van der Waals surface area contributed by atoms with Crippen molar-refractivity contribution in [3.8, 4) is 5.75 Å². The van der Waals surface area contributed by atoms with Gasteiger partial charge in [0.1, 0.15) is 11.6 Å². The fourth-order valence-corrected chi connectivity index (χ4v) is 2.67. The van der Waals surface area contributed by atoms with E-state index in [1.54, 1.807) is 12.1 Å². The largest absolute Gasteiger partial charge is 0.493 e. The van der Waals surface area contributed by atoms with Gasteiger partial charge in [-0.05, 0) is 24.6 Å². The molecule has 3 N–H and O–H groups in total. The first kappa shape index (κ1) is 19.3. The summed E-state index contributed by atoms with van der Waals surface area (Å²) in [6, 6.07) is 13.2. The molecular formula is C20H21FN4O3. The monoisotopic (exact) mass is 384 g/mol. The summed E-state index contributed by atoms with van der Waals surface area (Å²) in [6.45, 7) is 0.934. The minimum Gasteiger partial charge on any atom is -0.493 e. The lowest BCUT2D eigenvalue weighted by atomic mass is 10.2. The van der Waals surface area contributed by atoms with Crippen LogP contribution in [-0.4, -0.2) is 41.7 Å². The highest BCUT2D eigenvalue weighted by Crippen LogP contribution is 2.14. The molecule has 1 aromatic heterocycles. The quantitative estimate of drug-likeness (QED) is 0.494. The maximum absolute atomic E-state index is 13.0. The van der Waals surface area contributed by atoms with E-state index >= 15 is 0 Å². The van der Waals surface area contributed by atoms with Gasteiger partial charge in [0.05, 0.1) is 12.1 Å². The van der Waals surface area contributed by atoms with E-state index in [0.29, 0.717) is 37.6 Å². The zero-order valence-corrected chi connectivity index (χ0v) is 15.2. The van der Waals surface area contributed by atoms with Crippen molar-refractivity contribution in [2.24, 2.45) is 0 Å². The molecule has 0 atom stereocenters. The average molecular weight is 384 g/mol. The zero-order chi connectivity index (χ0) is 19.8. The lowest BCUT2D eigenvalue weighted by Crippen LogP contribution is -2.34. The summed E-state index contributed by atoms with van der Waals surface area (Å²) in [6.07, 6.45) is 0.793. The van der Waals surface area contributed by atoms with E-state index in [1.165, 1.54) is 12.1 Å². The minimum atomic E-state index is -0.361. The third-order valence-corrected chi connectivity index (χ3v) is 4.03. The Morgan fingerprint density at radius 3 is 2.75 bits per heavy atom. The number of carbonyl (C=O) groups excluding carboxylic acids is 2. The maximum atomic E-state index is 13.0. The number of aromatic nitrogens is 2. The molecule has 0 saturated carbocycles. The molecule has 146 valence electrons. The van der Waals surface area contributed by atoms with Crippen molar-refractivity contribution in [1.82, 2.24) is 20.8 Å². The Morgan fingerprint density at radius 2 is 1.89 bits per heavy atom. The van der Waals surface area contributed by atoms with Crippen LogP contribution < -0.4 is 15.4 Å². The summed E-state index contributed by atoms with van der Waals surface area (Å²) in [4.78, 5) is 24.0. The van der Waals surface area contributed by atoms with Gasteiger partial charge in [0.2, 0.25) is 5.91 Å². The van der Waals surface area contributed by atoms with Crippen LogP contribution in [0.25, 0.3) is 10.9 Å². The molecule has 0 aliphatic carbocycles. The van der Waals surface area contributed by atoms with Crippen LogP contribution in [0.1, 0.15) is 23.3 Å². The number of H-pyrrole nitrogens is 1. The Balaban J connectivity index is 1.30. The highest BCUT2D eigenvalue weighted by molar-refractivity contribution is 6.04. The van der Waals surface area contributed by atoms with Gasteiger partial charge in [-0.3, -0.25) is 14.7 Å². The zero-order valence-electron chi connectivity index (χ0n) is 15.2. The van der Waals surface area contributed by atoms with Gasteiger partial charge >= 0.3 is 0 Å². The van der Waals surface area contributed by atoms with E-state index in [2.05, 4.69) is 20.8 Å². The van der Waals surface area contributed by atoms with Gasteiger partial charge in [0.25, 0.3) is 5.91 Å². The van der Waals surface area contributed by atoms with Gasteiger partial charge in [0, 0.05) is 31.0 Å². The van der Waals surface area contributed by atoms with Crippen LogP contribution in [-0.2, 0) is 4.79 Å². The molecule has 3 aromatic rings. The molecule has 0 spiro atoms. The second kappa shape index (κ2) is 9.50. The van der Waals surface area contributed by atoms with Crippen molar-refractivity contribution < 1.29 is 18.7 Å². The molecule has 2 amide bonds. The smallest absolute Gasteiger partial charge is 0.272 e. The predicted octanol–water partition coefficient (Wildman–Crippen LogP) is 2.41. The van der Waals surface area contributed by atoms with Gasteiger partial charge in [-0.2, -0.15) is 5.10 Å². The van der Waals surface area contributed by atoms with Gasteiger partial charge in [-0.1, -0.05) is 24.3 Å². The molecular weight excluding hydrogens is 363 g/mol. The van der Waals surface area contributed by atoms with Crippen LogP contribution in [0.5, 0.6) is 5.75 Å². The molecule has 0 fully saturated rings. The number of rotatable bonds is 9. The number of ether oxygens (including phenoxy) is 1. The molecule has 28 heavy (non-hydrogen) atoms. The van der Waals surface area contributed by atoms with Crippen molar-refractivity contribution in [3.05, 3.63) is 60.0 Å². The normalized spacial score (nSPS) is 10.6. The molecule has 0 aliphatic rings. The van der Waals surface area contributed by atoms with Gasteiger partial charge in [0.15, 0.2) is 5.69 Å². The molecule has 0 bridgehead atoms. The van der Waals surface area contributed by atoms with E-state index in [0.717, 1.165) is 10.9 Å². The minimum absolute atomic E-state index is 0.137. The Hall–Kier alpha value is -3.42. The van der Waals surface area contributed by atoms with Crippen LogP contribution in [0.2, 0.25) is 0 Å². The highest BCUT2D eigenvalue weighted by atomic mass is 19.1. The Bertz CT molecular complexity index is 957. The summed E-state index contributed by atoms with van der Waals surface area (Å²) in [5, 5.41) is 13.0. The number of halogens is 1. The number of hydrogen-bond acceptors (Lipinski definition) is 4. The number of nitrogens with zero attached hydrogens (tertiary/aromatic N) is 1. The molecule has 0 aliphatic heterocycles. The fourth-order valence-electron chi connectivity index (χ4n) is 2.67. The number of carbonyl (C=O) groups is 2. The summed E-state index contributed by atoms with van der Waals surface area (Å²) in [5.41, 5.74) is 1.12. The topological polar surface area (TPSA) is 96.1 Å². The number of para-hydroxylation sites is 1. The first-order valence-electron chi connectivity index (χ1n) is 9.00. The van der Waals surface area contributed by atoms with E-state index in [4.69, 9.17) is 4.74 Å². The Labute approximate surface area is 161 Å². The van der Waals surface area contributed by atoms with E-state index in [9.17, 15) is 14.0 Å². The number of benzene rings is 2. The van der Waals surface area contributed by atoms with Crippen LogP contribution in [0.3, 0.4) is 0 Å². The average Bonchev–Trinajstić information content (AvgIpc) is 3.13. The molecule has 8 heteroatoms. The highest BCUT2D eigenvalue weighted by Gasteiger charge is 2.13. The van der Waals surface area contributed by atoms with Crippen LogP contribution >= 0.6 is 0 Å². The summed E-state index contributed by atoms with van der Waals surface area (Å²) in [5.74, 6) is -0.355. The van der Waals surface area contributed by atoms with Gasteiger partial charge < -0.3 is 15.4 Å². The van der Waals surface area contributed by atoms with Crippen LogP contribution in [0.4, 0.5) is 4.39 Å². The van der Waals surface area contributed by atoms with Crippen molar-refractivity contribution in [2.45, 2.75) is 12.8 Å².